The second kappa shape index (κ2) is 12.7. The molecule has 0 amide bonds. The number of ether oxygens (including phenoxy) is 3. The van der Waals surface area contributed by atoms with Gasteiger partial charge in [-0.25, -0.2) is 0 Å². The van der Waals surface area contributed by atoms with Crippen LogP contribution in [0.25, 0.3) is 64.6 Å². The summed E-state index contributed by atoms with van der Waals surface area (Å²) in [6, 6.07) is 38.6. The number of hydrogen-bond acceptors (Lipinski definition) is 4. The molecule has 42 heavy (non-hydrogen) atoms. The first-order valence-corrected chi connectivity index (χ1v) is 13.8. The average molecular weight is 555 g/mol. The third-order valence-corrected chi connectivity index (χ3v) is 7.42. The molecule has 210 valence electrons. The molecule has 0 saturated heterocycles. The van der Waals surface area contributed by atoms with E-state index in [1.807, 2.05) is 12.1 Å². The van der Waals surface area contributed by atoms with Crippen LogP contribution < -0.4 is 9.47 Å². The molecule has 0 spiro atoms. The van der Waals surface area contributed by atoms with E-state index < -0.39 is 0 Å². The first kappa shape index (κ1) is 28.6. The van der Waals surface area contributed by atoms with Gasteiger partial charge in [0.25, 0.3) is 0 Å². The van der Waals surface area contributed by atoms with Crippen LogP contribution >= 0.6 is 0 Å². The Hall–Kier alpha value is -4.93. The molecule has 0 N–H and O–H groups in total. The normalized spacial score (nSPS) is 10.7. The van der Waals surface area contributed by atoms with E-state index in [0.29, 0.717) is 0 Å². The lowest BCUT2D eigenvalue weighted by molar-refractivity contribution is -0.106. The van der Waals surface area contributed by atoms with Crippen molar-refractivity contribution in [1.29, 1.82) is 0 Å². The van der Waals surface area contributed by atoms with E-state index in [2.05, 4.69) is 102 Å². The minimum atomic E-state index is 0.750. The second-order valence-corrected chi connectivity index (χ2v) is 9.89. The maximum atomic E-state index is 8.81. The van der Waals surface area contributed by atoms with Crippen LogP contribution in [0.5, 0.6) is 11.5 Å². The molecule has 0 radical (unpaired) electrons. The highest BCUT2D eigenvalue weighted by Crippen LogP contribution is 2.39. The summed E-state index contributed by atoms with van der Waals surface area (Å²) in [5, 5.41) is 15.4. The fourth-order valence-electron chi connectivity index (χ4n) is 5.77. The minimum absolute atomic E-state index is 0.750. The van der Waals surface area contributed by atoms with Crippen LogP contribution in [0.3, 0.4) is 0 Å². The van der Waals surface area contributed by atoms with Crippen molar-refractivity contribution in [2.45, 2.75) is 6.92 Å². The molecule has 0 heterocycles. The predicted octanol–water partition coefficient (Wildman–Crippen LogP) is 9.65. The number of methoxy groups -OCH3 is 3. The molecule has 0 aliphatic heterocycles. The molecule has 0 saturated carbocycles. The third-order valence-electron chi connectivity index (χ3n) is 7.42. The predicted molar refractivity (Wildman–Crippen MR) is 178 cm³/mol. The molecule has 0 atom stereocenters. The van der Waals surface area contributed by atoms with Gasteiger partial charge in [0.15, 0.2) is 0 Å². The van der Waals surface area contributed by atoms with E-state index in [1.54, 1.807) is 28.4 Å². The SMILES string of the molecule is CC=O.COC.COc1ccc2ccc3cccc4ccc1c2c34.COc1ccc2ccc3cccc4ccc1c2c34. The van der Waals surface area contributed by atoms with Crippen LogP contribution in [0.2, 0.25) is 0 Å². The summed E-state index contributed by atoms with van der Waals surface area (Å²) in [5.41, 5.74) is 0. The Labute approximate surface area is 245 Å². The Morgan fingerprint density at radius 3 is 1.00 bits per heavy atom. The van der Waals surface area contributed by atoms with Gasteiger partial charge in [-0.15, -0.1) is 0 Å². The third kappa shape index (κ3) is 5.13. The van der Waals surface area contributed by atoms with Gasteiger partial charge in [0, 0.05) is 35.8 Å². The summed E-state index contributed by atoms with van der Waals surface area (Å²) >= 11 is 0. The van der Waals surface area contributed by atoms with E-state index in [0.717, 1.165) is 17.8 Å². The van der Waals surface area contributed by atoms with E-state index >= 15 is 0 Å². The van der Waals surface area contributed by atoms with E-state index in [-0.39, 0.29) is 0 Å². The van der Waals surface area contributed by atoms with Gasteiger partial charge >= 0.3 is 0 Å². The number of benzene rings is 8. The highest BCUT2D eigenvalue weighted by atomic mass is 16.5. The molecule has 0 aromatic heterocycles. The van der Waals surface area contributed by atoms with Gasteiger partial charge in [0.05, 0.1) is 14.2 Å². The minimum Gasteiger partial charge on any atom is -0.496 e. The number of aldehydes is 1. The summed E-state index contributed by atoms with van der Waals surface area (Å²) in [6.07, 6.45) is 0.750. The monoisotopic (exact) mass is 554 g/mol. The van der Waals surface area contributed by atoms with Crippen molar-refractivity contribution in [3.05, 3.63) is 109 Å². The maximum Gasteiger partial charge on any atom is 0.126 e. The Kier molecular flexibility index (Phi) is 8.66. The molecule has 4 heteroatoms. The zero-order valence-electron chi connectivity index (χ0n) is 24.6. The van der Waals surface area contributed by atoms with Crippen molar-refractivity contribution in [1.82, 2.24) is 0 Å². The van der Waals surface area contributed by atoms with E-state index in [4.69, 9.17) is 14.3 Å². The number of hydrogen-bond donors (Lipinski definition) is 0. The van der Waals surface area contributed by atoms with Crippen LogP contribution in [0.15, 0.2) is 109 Å². The molecule has 8 aromatic carbocycles. The summed E-state index contributed by atoms with van der Waals surface area (Å²) in [5.74, 6) is 1.89. The summed E-state index contributed by atoms with van der Waals surface area (Å²) in [7, 11) is 6.71. The van der Waals surface area contributed by atoms with Gasteiger partial charge < -0.3 is 19.0 Å². The summed E-state index contributed by atoms with van der Waals surface area (Å²) in [6.45, 7) is 1.44. The van der Waals surface area contributed by atoms with E-state index in [1.165, 1.54) is 71.6 Å². The zero-order valence-corrected chi connectivity index (χ0v) is 24.6. The Balaban J connectivity index is 0.000000142. The van der Waals surface area contributed by atoms with Gasteiger partial charge in [-0.1, -0.05) is 84.9 Å². The Bertz CT molecular complexity index is 1910. The molecule has 0 unspecified atom stereocenters. The van der Waals surface area contributed by atoms with Crippen LogP contribution in [0, 0.1) is 0 Å². The van der Waals surface area contributed by atoms with Crippen LogP contribution in [0.4, 0.5) is 0 Å². The summed E-state index contributed by atoms with van der Waals surface area (Å²) < 4.78 is 15.2. The van der Waals surface area contributed by atoms with Crippen molar-refractivity contribution in [3.8, 4) is 11.5 Å². The Morgan fingerprint density at radius 2 is 0.690 bits per heavy atom. The second-order valence-electron chi connectivity index (χ2n) is 9.89. The van der Waals surface area contributed by atoms with Crippen LogP contribution in [-0.2, 0) is 9.53 Å². The van der Waals surface area contributed by atoms with Crippen molar-refractivity contribution >= 4 is 70.9 Å². The number of carbonyl (C=O) groups is 1. The average Bonchev–Trinajstić information content (AvgIpc) is 3.03. The largest absolute Gasteiger partial charge is 0.496 e. The highest BCUT2D eigenvalue weighted by Gasteiger charge is 2.11. The van der Waals surface area contributed by atoms with Crippen molar-refractivity contribution in [2.24, 2.45) is 0 Å². The van der Waals surface area contributed by atoms with Gasteiger partial charge in [0.2, 0.25) is 0 Å². The van der Waals surface area contributed by atoms with Crippen LogP contribution in [0.1, 0.15) is 6.92 Å². The first-order valence-electron chi connectivity index (χ1n) is 13.8. The van der Waals surface area contributed by atoms with Gasteiger partial charge in [0.1, 0.15) is 17.8 Å². The molecule has 4 nitrogen and oxygen atoms in total. The fraction of sp³-hybridized carbons (Fsp3) is 0.132. The molecular formula is C38H34O4. The number of carbonyl (C=O) groups excluding carboxylic acids is 1. The van der Waals surface area contributed by atoms with Gasteiger partial charge in [-0.2, -0.15) is 0 Å². The molecule has 0 aliphatic rings. The van der Waals surface area contributed by atoms with E-state index in [9.17, 15) is 0 Å². The molecule has 8 aromatic rings. The highest BCUT2D eigenvalue weighted by molar-refractivity contribution is 6.25. The van der Waals surface area contributed by atoms with Crippen molar-refractivity contribution < 1.29 is 19.0 Å². The lowest BCUT2D eigenvalue weighted by Gasteiger charge is -2.12. The number of rotatable bonds is 2. The molecule has 8 rings (SSSR count). The fourth-order valence-corrected chi connectivity index (χ4v) is 5.77. The Morgan fingerprint density at radius 1 is 0.429 bits per heavy atom. The molecule has 0 bridgehead atoms. The zero-order chi connectivity index (χ0) is 29.6. The maximum absolute atomic E-state index is 8.81. The smallest absolute Gasteiger partial charge is 0.126 e. The van der Waals surface area contributed by atoms with Crippen molar-refractivity contribution in [2.75, 3.05) is 28.4 Å². The quantitative estimate of drug-likeness (QED) is 0.158. The van der Waals surface area contributed by atoms with Crippen molar-refractivity contribution in [3.63, 3.8) is 0 Å². The topological polar surface area (TPSA) is 44.8 Å². The lowest BCUT2D eigenvalue weighted by atomic mass is 9.94. The standard InChI is InChI=1S/2C17H12O.C2H6O.C2H4O/c2*1-18-15-10-8-13-6-5-11-3-2-4-12-7-9-14(15)17(13)16(11)12;1-3-2;1-2-3/h2*2-10H,1H3;1-2H3;2H,1H3. The first-order chi connectivity index (χ1) is 20.6. The molecule has 0 fully saturated rings. The van der Waals surface area contributed by atoms with Crippen LogP contribution in [-0.4, -0.2) is 34.7 Å². The summed E-state index contributed by atoms with van der Waals surface area (Å²) in [4.78, 5) is 8.81. The van der Waals surface area contributed by atoms with Gasteiger partial charge in [-0.05, 0) is 74.3 Å². The molecular weight excluding hydrogens is 520 g/mol. The molecule has 0 aliphatic carbocycles. The lowest BCUT2D eigenvalue weighted by Crippen LogP contribution is -1.88. The van der Waals surface area contributed by atoms with Gasteiger partial charge in [-0.3, -0.25) is 0 Å².